The fourth-order valence-electron chi connectivity index (χ4n) is 1.33. The molecule has 0 unspecified atom stereocenters. The van der Waals surface area contributed by atoms with Crippen LogP contribution < -0.4 is 5.43 Å². The molecule has 2 aromatic rings. The number of amides is 1. The highest BCUT2D eigenvalue weighted by molar-refractivity contribution is 6.00. The third-order valence-electron chi connectivity index (χ3n) is 2.11. The standard InChI is InChI=1S/C11H11N3O/c1-9-5-2-3-6-10(9)11(15)13-14-8-4-7-12-14/h2-8H,1H3,(H,13,15). The van der Waals surface area contributed by atoms with E-state index in [1.165, 1.54) is 4.79 Å². The molecule has 1 aromatic heterocycles. The van der Waals surface area contributed by atoms with Gasteiger partial charge in [-0.05, 0) is 24.6 Å². The van der Waals surface area contributed by atoms with Gasteiger partial charge >= 0.3 is 0 Å². The van der Waals surface area contributed by atoms with Gasteiger partial charge in [0.05, 0.1) is 6.20 Å². The van der Waals surface area contributed by atoms with Crippen molar-refractivity contribution >= 4 is 5.91 Å². The highest BCUT2D eigenvalue weighted by Gasteiger charge is 2.07. The number of carbonyl (C=O) groups excluding carboxylic acids is 1. The summed E-state index contributed by atoms with van der Waals surface area (Å²) in [7, 11) is 0. The smallest absolute Gasteiger partial charge is 0.267 e. The minimum atomic E-state index is -0.156. The van der Waals surface area contributed by atoms with Crippen molar-refractivity contribution in [2.75, 3.05) is 5.43 Å². The molecule has 0 bridgehead atoms. The van der Waals surface area contributed by atoms with Crippen LogP contribution in [0.4, 0.5) is 0 Å². The summed E-state index contributed by atoms with van der Waals surface area (Å²) in [5.74, 6) is -0.156. The van der Waals surface area contributed by atoms with Crippen LogP contribution in [-0.4, -0.2) is 15.8 Å². The fraction of sp³-hybridized carbons (Fsp3) is 0.0909. The van der Waals surface area contributed by atoms with Gasteiger partial charge in [-0.1, -0.05) is 18.2 Å². The Morgan fingerprint density at radius 3 is 2.80 bits per heavy atom. The van der Waals surface area contributed by atoms with Gasteiger partial charge in [0.15, 0.2) is 0 Å². The zero-order valence-corrected chi connectivity index (χ0v) is 8.34. The first-order valence-electron chi connectivity index (χ1n) is 4.64. The molecule has 76 valence electrons. The molecular weight excluding hydrogens is 190 g/mol. The van der Waals surface area contributed by atoms with Crippen LogP contribution in [0.15, 0.2) is 42.7 Å². The minimum absolute atomic E-state index is 0.156. The first-order chi connectivity index (χ1) is 7.27. The summed E-state index contributed by atoms with van der Waals surface area (Å²) in [5, 5.41) is 3.90. The van der Waals surface area contributed by atoms with Crippen molar-refractivity contribution in [3.63, 3.8) is 0 Å². The normalized spacial score (nSPS) is 9.93. The lowest BCUT2D eigenvalue weighted by Gasteiger charge is -2.06. The molecule has 0 radical (unpaired) electrons. The molecule has 0 fully saturated rings. The molecule has 0 aliphatic carbocycles. The summed E-state index contributed by atoms with van der Waals surface area (Å²) < 4.78 is 0. The van der Waals surface area contributed by atoms with E-state index in [0.29, 0.717) is 5.56 Å². The highest BCUT2D eigenvalue weighted by Crippen LogP contribution is 2.06. The lowest BCUT2D eigenvalue weighted by molar-refractivity contribution is 0.100. The molecule has 0 atom stereocenters. The van der Waals surface area contributed by atoms with E-state index >= 15 is 0 Å². The Bertz CT molecular complexity index is 462. The van der Waals surface area contributed by atoms with Gasteiger partial charge in [-0.2, -0.15) is 9.89 Å². The third kappa shape index (κ3) is 2.04. The van der Waals surface area contributed by atoms with Gasteiger partial charge in [0, 0.05) is 11.8 Å². The van der Waals surface area contributed by atoms with E-state index in [4.69, 9.17) is 0 Å². The molecular formula is C11H11N3O. The Labute approximate surface area is 87.5 Å². The second-order valence-electron chi connectivity index (χ2n) is 3.21. The minimum Gasteiger partial charge on any atom is -0.267 e. The highest BCUT2D eigenvalue weighted by atomic mass is 16.2. The van der Waals surface area contributed by atoms with E-state index in [-0.39, 0.29) is 5.91 Å². The lowest BCUT2D eigenvalue weighted by atomic mass is 10.1. The maximum absolute atomic E-state index is 11.8. The largest absolute Gasteiger partial charge is 0.271 e. The molecule has 0 saturated heterocycles. The van der Waals surface area contributed by atoms with Crippen molar-refractivity contribution in [1.82, 2.24) is 9.89 Å². The summed E-state index contributed by atoms with van der Waals surface area (Å²) in [4.78, 5) is 13.1. The summed E-state index contributed by atoms with van der Waals surface area (Å²) in [5.41, 5.74) is 4.25. The lowest BCUT2D eigenvalue weighted by Crippen LogP contribution is -2.23. The van der Waals surface area contributed by atoms with Crippen molar-refractivity contribution in [3.8, 4) is 0 Å². The van der Waals surface area contributed by atoms with Crippen molar-refractivity contribution in [1.29, 1.82) is 0 Å². The number of rotatable bonds is 2. The number of nitrogens with one attached hydrogen (secondary N) is 1. The number of hydrogen-bond acceptors (Lipinski definition) is 2. The Kier molecular flexibility index (Phi) is 2.49. The van der Waals surface area contributed by atoms with E-state index < -0.39 is 0 Å². The van der Waals surface area contributed by atoms with Crippen molar-refractivity contribution in [2.24, 2.45) is 0 Å². The summed E-state index contributed by atoms with van der Waals surface area (Å²) in [6.07, 6.45) is 3.29. The van der Waals surface area contributed by atoms with E-state index in [1.807, 2.05) is 25.1 Å². The zero-order chi connectivity index (χ0) is 10.7. The van der Waals surface area contributed by atoms with Gasteiger partial charge in [0.25, 0.3) is 5.91 Å². The first kappa shape index (κ1) is 9.45. The number of benzene rings is 1. The molecule has 0 saturated carbocycles. The predicted molar refractivity (Wildman–Crippen MR) is 57.1 cm³/mol. The maximum Gasteiger partial charge on any atom is 0.271 e. The topological polar surface area (TPSA) is 46.9 Å². The van der Waals surface area contributed by atoms with Crippen molar-refractivity contribution in [2.45, 2.75) is 6.92 Å². The third-order valence-corrected chi connectivity index (χ3v) is 2.11. The number of nitrogens with zero attached hydrogens (tertiary/aromatic N) is 2. The SMILES string of the molecule is Cc1ccccc1C(=O)Nn1cccn1. The van der Waals surface area contributed by atoms with Crippen LogP contribution in [-0.2, 0) is 0 Å². The second-order valence-corrected chi connectivity index (χ2v) is 3.21. The molecule has 1 heterocycles. The van der Waals surface area contributed by atoms with Crippen LogP contribution in [0.2, 0.25) is 0 Å². The van der Waals surface area contributed by atoms with Gasteiger partial charge in [0.1, 0.15) is 0 Å². The van der Waals surface area contributed by atoms with Crippen LogP contribution in [0, 0.1) is 6.92 Å². The van der Waals surface area contributed by atoms with Gasteiger partial charge in [0.2, 0.25) is 0 Å². The molecule has 0 spiro atoms. The van der Waals surface area contributed by atoms with E-state index in [0.717, 1.165) is 5.56 Å². The second kappa shape index (κ2) is 3.96. The van der Waals surface area contributed by atoms with Crippen LogP contribution in [0.1, 0.15) is 15.9 Å². The molecule has 1 aromatic carbocycles. The molecule has 4 nitrogen and oxygen atoms in total. The first-order valence-corrected chi connectivity index (χ1v) is 4.64. The molecule has 1 N–H and O–H groups in total. The molecule has 4 heteroatoms. The van der Waals surface area contributed by atoms with Gasteiger partial charge in [-0.15, -0.1) is 0 Å². The number of aromatic nitrogens is 2. The van der Waals surface area contributed by atoms with E-state index in [2.05, 4.69) is 10.5 Å². The Balaban J connectivity index is 2.19. The summed E-state index contributed by atoms with van der Waals surface area (Å²) in [6.45, 7) is 1.90. The monoisotopic (exact) mass is 201 g/mol. The van der Waals surface area contributed by atoms with Crippen LogP contribution in [0.3, 0.4) is 0 Å². The van der Waals surface area contributed by atoms with Crippen LogP contribution in [0.25, 0.3) is 0 Å². The number of hydrogen-bond donors (Lipinski definition) is 1. The van der Waals surface area contributed by atoms with Crippen molar-refractivity contribution in [3.05, 3.63) is 53.9 Å². The summed E-state index contributed by atoms with van der Waals surface area (Å²) in [6, 6.07) is 9.18. The number of carbonyl (C=O) groups is 1. The average molecular weight is 201 g/mol. The number of aryl methyl sites for hydroxylation is 1. The maximum atomic E-state index is 11.8. The molecule has 15 heavy (non-hydrogen) atoms. The van der Waals surface area contributed by atoms with Crippen molar-refractivity contribution < 1.29 is 4.79 Å². The Morgan fingerprint density at radius 1 is 1.33 bits per heavy atom. The quantitative estimate of drug-likeness (QED) is 0.801. The molecule has 2 rings (SSSR count). The zero-order valence-electron chi connectivity index (χ0n) is 8.34. The average Bonchev–Trinajstić information content (AvgIpc) is 2.71. The fourth-order valence-corrected chi connectivity index (χ4v) is 1.33. The van der Waals surface area contributed by atoms with Crippen LogP contribution >= 0.6 is 0 Å². The predicted octanol–water partition coefficient (Wildman–Crippen LogP) is 1.58. The van der Waals surface area contributed by atoms with Gasteiger partial charge in [-0.3, -0.25) is 4.79 Å². The van der Waals surface area contributed by atoms with E-state index in [1.54, 1.807) is 24.5 Å². The Hall–Kier alpha value is -2.10. The molecule has 0 aliphatic heterocycles. The van der Waals surface area contributed by atoms with Gasteiger partial charge in [-0.25, -0.2) is 5.43 Å². The van der Waals surface area contributed by atoms with Crippen LogP contribution in [0.5, 0.6) is 0 Å². The Morgan fingerprint density at radius 2 is 2.13 bits per heavy atom. The molecule has 0 aliphatic rings. The van der Waals surface area contributed by atoms with E-state index in [9.17, 15) is 4.79 Å². The summed E-state index contributed by atoms with van der Waals surface area (Å²) >= 11 is 0. The van der Waals surface area contributed by atoms with Gasteiger partial charge < -0.3 is 0 Å². The molecule has 1 amide bonds.